The first-order valence-corrected chi connectivity index (χ1v) is 4.34. The molecule has 0 bridgehead atoms. The fourth-order valence-electron chi connectivity index (χ4n) is 0.795. The van der Waals surface area contributed by atoms with Crippen LogP contribution in [0.2, 0.25) is 0 Å². The van der Waals surface area contributed by atoms with E-state index in [2.05, 4.69) is 15.9 Å². The maximum absolute atomic E-state index is 13.0. The third kappa shape index (κ3) is 2.47. The number of para-hydroxylation sites is 1. The molecule has 2 nitrogen and oxygen atoms in total. The molecule has 6 heteroatoms. The van der Waals surface area contributed by atoms with Gasteiger partial charge in [-0.15, -0.1) is 0 Å². The van der Waals surface area contributed by atoms with E-state index in [1.54, 1.807) is 5.32 Å². The van der Waals surface area contributed by atoms with Crippen LogP contribution in [0.1, 0.15) is 0 Å². The van der Waals surface area contributed by atoms with Gasteiger partial charge in [0.15, 0.2) is 0 Å². The maximum atomic E-state index is 13.0. The minimum absolute atomic E-state index is 0.214. The number of hydrogen-bond acceptors (Lipinski definition) is 1. The van der Waals surface area contributed by atoms with E-state index in [1.165, 1.54) is 12.1 Å². The van der Waals surface area contributed by atoms with Crippen molar-refractivity contribution in [2.24, 2.45) is 0 Å². The minimum Gasteiger partial charge on any atom is -0.318 e. The van der Waals surface area contributed by atoms with Crippen molar-refractivity contribution in [3.8, 4) is 0 Å². The fourth-order valence-corrected chi connectivity index (χ4v) is 1.24. The Morgan fingerprint density at radius 3 is 2.57 bits per heavy atom. The molecule has 0 saturated heterocycles. The highest BCUT2D eigenvalue weighted by atomic mass is 79.9. The number of benzene rings is 1. The van der Waals surface area contributed by atoms with Crippen LogP contribution in [0.3, 0.4) is 0 Å². The SMILES string of the molecule is O=C(Nc1c(F)cccc1Br)C(F)F. The first-order valence-electron chi connectivity index (χ1n) is 3.55. The van der Waals surface area contributed by atoms with Crippen LogP contribution < -0.4 is 5.32 Å². The molecule has 0 aliphatic heterocycles. The molecule has 1 aromatic carbocycles. The average molecular weight is 268 g/mol. The van der Waals surface area contributed by atoms with Crippen molar-refractivity contribution in [3.05, 3.63) is 28.5 Å². The zero-order valence-electron chi connectivity index (χ0n) is 6.73. The Kier molecular flexibility index (Phi) is 3.51. The molecule has 76 valence electrons. The molecule has 0 aromatic heterocycles. The van der Waals surface area contributed by atoms with E-state index in [9.17, 15) is 18.0 Å². The number of amides is 1. The third-order valence-corrected chi connectivity index (χ3v) is 2.07. The van der Waals surface area contributed by atoms with Crippen molar-refractivity contribution in [3.63, 3.8) is 0 Å². The quantitative estimate of drug-likeness (QED) is 0.877. The second-order valence-corrected chi connectivity index (χ2v) is 3.24. The van der Waals surface area contributed by atoms with Gasteiger partial charge in [-0.05, 0) is 28.1 Å². The summed E-state index contributed by atoms with van der Waals surface area (Å²) in [5.41, 5.74) is -0.280. The number of carbonyl (C=O) groups is 1. The van der Waals surface area contributed by atoms with Gasteiger partial charge < -0.3 is 5.32 Å². The van der Waals surface area contributed by atoms with Crippen LogP contribution in [0.25, 0.3) is 0 Å². The molecule has 1 aromatic rings. The summed E-state index contributed by atoms with van der Waals surface area (Å²) < 4.78 is 36.9. The second-order valence-electron chi connectivity index (χ2n) is 2.39. The molecule has 1 N–H and O–H groups in total. The van der Waals surface area contributed by atoms with E-state index in [1.807, 2.05) is 0 Å². The number of nitrogens with one attached hydrogen (secondary N) is 1. The van der Waals surface area contributed by atoms with Gasteiger partial charge in [-0.1, -0.05) is 6.07 Å². The summed E-state index contributed by atoms with van der Waals surface area (Å²) >= 11 is 2.93. The summed E-state index contributed by atoms with van der Waals surface area (Å²) in [4.78, 5) is 10.6. The van der Waals surface area contributed by atoms with Gasteiger partial charge in [-0.25, -0.2) is 4.39 Å². The first kappa shape index (κ1) is 11.0. The van der Waals surface area contributed by atoms with Crippen LogP contribution in [-0.4, -0.2) is 12.3 Å². The highest BCUT2D eigenvalue weighted by Gasteiger charge is 2.18. The number of carbonyl (C=O) groups excluding carboxylic acids is 1. The molecule has 0 unspecified atom stereocenters. The van der Waals surface area contributed by atoms with Gasteiger partial charge in [-0.2, -0.15) is 8.78 Å². The summed E-state index contributed by atoms with van der Waals surface area (Å²) in [6, 6.07) is 3.88. The largest absolute Gasteiger partial charge is 0.318 e. The monoisotopic (exact) mass is 267 g/mol. The van der Waals surface area contributed by atoms with E-state index in [0.717, 1.165) is 6.07 Å². The van der Waals surface area contributed by atoms with E-state index in [4.69, 9.17) is 0 Å². The van der Waals surface area contributed by atoms with Gasteiger partial charge >= 0.3 is 6.43 Å². The molecule has 1 rings (SSSR count). The molecule has 0 aliphatic rings. The smallest absolute Gasteiger partial charge is 0.315 e. The lowest BCUT2D eigenvalue weighted by Crippen LogP contribution is -2.21. The van der Waals surface area contributed by atoms with Gasteiger partial charge in [0.1, 0.15) is 5.82 Å². The molecule has 0 fully saturated rings. The standard InChI is InChI=1S/C8H5BrF3NO/c9-4-2-1-3-5(10)6(4)13-8(14)7(11)12/h1-3,7H,(H,13,14). The average Bonchev–Trinajstić information content (AvgIpc) is 2.11. The first-order chi connectivity index (χ1) is 6.52. The third-order valence-electron chi connectivity index (χ3n) is 1.41. The van der Waals surface area contributed by atoms with Crippen molar-refractivity contribution >= 4 is 27.5 Å². The molecule has 0 spiro atoms. The van der Waals surface area contributed by atoms with Crippen LogP contribution in [0.15, 0.2) is 22.7 Å². The summed E-state index contributed by atoms with van der Waals surface area (Å²) in [5, 5.41) is 1.77. The lowest BCUT2D eigenvalue weighted by atomic mass is 10.3. The fraction of sp³-hybridized carbons (Fsp3) is 0.125. The van der Waals surface area contributed by atoms with E-state index < -0.39 is 18.1 Å². The number of anilines is 1. The lowest BCUT2D eigenvalue weighted by Gasteiger charge is -2.07. The normalized spacial score (nSPS) is 10.4. The maximum Gasteiger partial charge on any atom is 0.315 e. The van der Waals surface area contributed by atoms with Crippen LogP contribution in [0.5, 0.6) is 0 Å². The zero-order chi connectivity index (χ0) is 10.7. The van der Waals surface area contributed by atoms with Crippen molar-refractivity contribution in [1.29, 1.82) is 0 Å². The Hall–Kier alpha value is -1.04. The Morgan fingerprint density at radius 2 is 2.07 bits per heavy atom. The number of hydrogen-bond donors (Lipinski definition) is 1. The van der Waals surface area contributed by atoms with E-state index in [-0.39, 0.29) is 10.2 Å². The summed E-state index contributed by atoms with van der Waals surface area (Å²) in [5.74, 6) is -2.30. The van der Waals surface area contributed by atoms with Gasteiger partial charge in [0, 0.05) is 4.47 Å². The van der Waals surface area contributed by atoms with Gasteiger partial charge in [0.25, 0.3) is 5.91 Å². The lowest BCUT2D eigenvalue weighted by molar-refractivity contribution is -0.126. The molecule has 0 saturated carbocycles. The number of rotatable bonds is 2. The molecule has 1 amide bonds. The Balaban J connectivity index is 2.91. The highest BCUT2D eigenvalue weighted by molar-refractivity contribution is 9.10. The second kappa shape index (κ2) is 4.45. The van der Waals surface area contributed by atoms with Crippen molar-refractivity contribution in [2.75, 3.05) is 5.32 Å². The summed E-state index contributed by atoms with van der Waals surface area (Å²) in [7, 11) is 0. The van der Waals surface area contributed by atoms with Gasteiger partial charge in [0.2, 0.25) is 0 Å². The van der Waals surface area contributed by atoms with Crippen molar-refractivity contribution < 1.29 is 18.0 Å². The van der Waals surface area contributed by atoms with E-state index >= 15 is 0 Å². The molecule has 14 heavy (non-hydrogen) atoms. The predicted octanol–water partition coefficient (Wildman–Crippen LogP) is 2.79. The zero-order valence-corrected chi connectivity index (χ0v) is 8.32. The van der Waals surface area contributed by atoms with Crippen LogP contribution in [-0.2, 0) is 4.79 Å². The molecular weight excluding hydrogens is 263 g/mol. The molecule has 0 heterocycles. The predicted molar refractivity (Wildman–Crippen MR) is 48.7 cm³/mol. The van der Waals surface area contributed by atoms with Crippen LogP contribution in [0.4, 0.5) is 18.9 Å². The Morgan fingerprint density at radius 1 is 1.43 bits per heavy atom. The summed E-state index contributed by atoms with van der Waals surface area (Å²) in [6.45, 7) is 0. The van der Waals surface area contributed by atoms with E-state index in [0.29, 0.717) is 0 Å². The highest BCUT2D eigenvalue weighted by Crippen LogP contribution is 2.25. The topological polar surface area (TPSA) is 29.1 Å². The Bertz CT molecular complexity index is 336. The van der Waals surface area contributed by atoms with Crippen molar-refractivity contribution in [1.82, 2.24) is 0 Å². The van der Waals surface area contributed by atoms with Crippen LogP contribution >= 0.6 is 15.9 Å². The van der Waals surface area contributed by atoms with Gasteiger partial charge in [-0.3, -0.25) is 4.79 Å². The summed E-state index contributed by atoms with van der Waals surface area (Å²) in [6.07, 6.45) is -3.17. The van der Waals surface area contributed by atoms with Crippen LogP contribution in [0, 0.1) is 5.82 Å². The number of alkyl halides is 2. The minimum atomic E-state index is -3.17. The molecular formula is C8H5BrF3NO. The van der Waals surface area contributed by atoms with Crippen molar-refractivity contribution in [2.45, 2.75) is 6.43 Å². The molecule has 0 radical (unpaired) electrons. The Labute approximate surface area is 86.2 Å². The molecule has 0 atom stereocenters. The number of halogens is 4. The molecule has 0 aliphatic carbocycles. The van der Waals surface area contributed by atoms with Gasteiger partial charge in [0.05, 0.1) is 5.69 Å².